The molecule has 0 amide bonds. The first-order valence-corrected chi connectivity index (χ1v) is 4.63. The van der Waals surface area contributed by atoms with E-state index in [9.17, 15) is 30.7 Å². The topological polar surface area (TPSA) is 40.5 Å². The van der Waals surface area contributed by atoms with Gasteiger partial charge in [0, 0.05) is 5.56 Å². The number of hydrogen-bond acceptors (Lipinski definition) is 2. The van der Waals surface area contributed by atoms with Crippen molar-refractivity contribution >= 4 is 12.9 Å². The maximum atomic E-state index is 14.0. The number of halogens is 7. The van der Waals surface area contributed by atoms with E-state index in [1.165, 1.54) is 0 Å². The van der Waals surface area contributed by atoms with Crippen LogP contribution in [0.1, 0.15) is 11.1 Å². The lowest BCUT2D eigenvalue weighted by molar-refractivity contribution is 0.200. The smallest absolute Gasteiger partial charge is 0.424 e. The van der Waals surface area contributed by atoms with Crippen LogP contribution in [0.2, 0.25) is 0 Å². The summed E-state index contributed by atoms with van der Waals surface area (Å²) in [5, 5.41) is 17.3. The van der Waals surface area contributed by atoms with Gasteiger partial charge in [-0.25, -0.2) is 30.7 Å². The summed E-state index contributed by atoms with van der Waals surface area (Å²) < 4.78 is 92.8. The number of benzene rings is 1. The zero-order valence-electron chi connectivity index (χ0n) is 8.62. The highest BCUT2D eigenvalue weighted by Crippen LogP contribution is 2.52. The van der Waals surface area contributed by atoms with Gasteiger partial charge in [-0.15, -0.1) is 0 Å². The van der Waals surface area contributed by atoms with Gasteiger partial charge in [0.1, 0.15) is 0 Å². The van der Waals surface area contributed by atoms with Crippen LogP contribution in [0.4, 0.5) is 30.7 Å². The molecule has 1 aliphatic carbocycles. The van der Waals surface area contributed by atoms with E-state index in [1.807, 2.05) is 0 Å². The van der Waals surface area contributed by atoms with Crippen LogP contribution < -0.4 is 0 Å². The van der Waals surface area contributed by atoms with Crippen LogP contribution in [-0.2, 0) is 5.57 Å². The zero-order valence-corrected chi connectivity index (χ0v) is 8.62. The average Bonchev–Trinajstić information content (AvgIpc) is 2.56. The van der Waals surface area contributed by atoms with Gasteiger partial charge in [0.05, 0.1) is 5.56 Å². The number of allylic oxidation sites excluding steroid dienone is 1. The SMILES string of the molecule is OB(O)C1(F)C(F)=C(F)c2c(F)c(F)c(F)c(F)c21. The van der Waals surface area contributed by atoms with Gasteiger partial charge in [-0.3, -0.25) is 0 Å². The molecular formula is C9H2BF7O2. The van der Waals surface area contributed by atoms with Crippen LogP contribution in [-0.4, -0.2) is 17.2 Å². The summed E-state index contributed by atoms with van der Waals surface area (Å²) in [6.07, 6.45) is 0. The van der Waals surface area contributed by atoms with E-state index in [0.29, 0.717) is 0 Å². The first-order chi connectivity index (χ1) is 8.65. The van der Waals surface area contributed by atoms with E-state index in [0.717, 1.165) is 0 Å². The number of rotatable bonds is 1. The lowest BCUT2D eigenvalue weighted by Crippen LogP contribution is -2.40. The number of alkyl halides is 1. The van der Waals surface area contributed by atoms with Crippen LogP contribution in [0, 0.1) is 23.3 Å². The minimum Gasteiger partial charge on any atom is -0.424 e. The fourth-order valence-electron chi connectivity index (χ4n) is 1.80. The summed E-state index contributed by atoms with van der Waals surface area (Å²) in [5.41, 5.74) is -8.09. The quantitative estimate of drug-likeness (QED) is 0.359. The molecule has 0 saturated carbocycles. The molecule has 0 aliphatic heterocycles. The maximum absolute atomic E-state index is 14.0. The number of fused-ring (bicyclic) bond motifs is 1. The molecule has 1 aromatic rings. The van der Waals surface area contributed by atoms with Crippen molar-refractivity contribution in [2.75, 3.05) is 0 Å². The third-order valence-corrected chi connectivity index (χ3v) is 2.72. The van der Waals surface area contributed by atoms with E-state index in [-0.39, 0.29) is 0 Å². The van der Waals surface area contributed by atoms with Crippen molar-refractivity contribution in [3.05, 3.63) is 40.2 Å². The predicted octanol–water partition coefficient (Wildman–Crippen LogP) is 2.04. The molecule has 0 heterocycles. The molecule has 1 unspecified atom stereocenters. The molecule has 0 bridgehead atoms. The van der Waals surface area contributed by atoms with Crippen LogP contribution >= 0.6 is 0 Å². The Morgan fingerprint density at radius 3 is 1.74 bits per heavy atom. The monoisotopic (exact) mass is 286 g/mol. The zero-order chi connectivity index (χ0) is 14.7. The highest BCUT2D eigenvalue weighted by atomic mass is 19.2. The summed E-state index contributed by atoms with van der Waals surface area (Å²) in [4.78, 5) is 0. The Hall–Kier alpha value is -1.55. The molecule has 0 saturated heterocycles. The molecule has 2 rings (SSSR count). The van der Waals surface area contributed by atoms with Crippen molar-refractivity contribution in [1.29, 1.82) is 0 Å². The lowest BCUT2D eigenvalue weighted by Gasteiger charge is -2.20. The Bertz CT molecular complexity index is 615. The van der Waals surface area contributed by atoms with Crippen molar-refractivity contribution in [3.63, 3.8) is 0 Å². The van der Waals surface area contributed by atoms with Crippen molar-refractivity contribution in [2.45, 2.75) is 5.57 Å². The van der Waals surface area contributed by atoms with Crippen molar-refractivity contribution in [2.24, 2.45) is 0 Å². The maximum Gasteiger partial charge on any atom is 0.504 e. The molecule has 0 spiro atoms. The van der Waals surface area contributed by atoms with Gasteiger partial charge in [0.2, 0.25) is 5.57 Å². The van der Waals surface area contributed by atoms with Gasteiger partial charge in [-0.2, -0.15) is 0 Å². The highest BCUT2D eigenvalue weighted by Gasteiger charge is 2.60. The van der Waals surface area contributed by atoms with Gasteiger partial charge >= 0.3 is 7.12 Å². The predicted molar refractivity (Wildman–Crippen MR) is 48.4 cm³/mol. The van der Waals surface area contributed by atoms with Crippen LogP contribution in [0.15, 0.2) is 5.83 Å². The summed E-state index contributed by atoms with van der Waals surface area (Å²) in [6, 6.07) is 0. The molecule has 0 fully saturated rings. The average molecular weight is 286 g/mol. The molecular weight excluding hydrogens is 284 g/mol. The molecule has 19 heavy (non-hydrogen) atoms. The molecule has 0 aromatic heterocycles. The molecule has 0 radical (unpaired) electrons. The molecule has 1 atom stereocenters. The van der Waals surface area contributed by atoms with Gasteiger partial charge in [-0.05, 0) is 0 Å². The third-order valence-electron chi connectivity index (χ3n) is 2.72. The van der Waals surface area contributed by atoms with Crippen LogP contribution in [0.5, 0.6) is 0 Å². The van der Waals surface area contributed by atoms with E-state index >= 15 is 0 Å². The van der Waals surface area contributed by atoms with E-state index in [4.69, 9.17) is 10.0 Å². The van der Waals surface area contributed by atoms with E-state index in [2.05, 4.69) is 0 Å². The summed E-state index contributed by atoms with van der Waals surface area (Å²) in [5.74, 6) is -14.8. The minimum absolute atomic E-state index is 1.86. The summed E-state index contributed by atoms with van der Waals surface area (Å²) in [6.45, 7) is 0. The molecule has 1 aliphatic rings. The first-order valence-electron chi connectivity index (χ1n) is 4.63. The van der Waals surface area contributed by atoms with Crippen molar-refractivity contribution in [3.8, 4) is 0 Å². The Morgan fingerprint density at radius 2 is 1.26 bits per heavy atom. The number of hydrogen-bond donors (Lipinski definition) is 2. The molecule has 10 heteroatoms. The van der Waals surface area contributed by atoms with Gasteiger partial charge in [-0.1, -0.05) is 0 Å². The van der Waals surface area contributed by atoms with Gasteiger partial charge in [0.25, 0.3) is 0 Å². The van der Waals surface area contributed by atoms with E-state index in [1.54, 1.807) is 0 Å². The fraction of sp³-hybridized carbons (Fsp3) is 0.111. The van der Waals surface area contributed by atoms with E-state index < -0.39 is 58.7 Å². The lowest BCUT2D eigenvalue weighted by atomic mass is 9.66. The fourth-order valence-corrected chi connectivity index (χ4v) is 1.80. The Balaban J connectivity index is 2.97. The molecule has 102 valence electrons. The summed E-state index contributed by atoms with van der Waals surface area (Å²) >= 11 is 0. The summed E-state index contributed by atoms with van der Waals surface area (Å²) in [7, 11) is -3.35. The first kappa shape index (κ1) is 13.9. The molecule has 1 aromatic carbocycles. The Labute approximate surface area is 100 Å². The van der Waals surface area contributed by atoms with Crippen LogP contribution in [0.25, 0.3) is 5.83 Å². The minimum atomic E-state index is -4.25. The third kappa shape index (κ3) is 1.46. The second kappa shape index (κ2) is 3.97. The Kier molecular flexibility index (Phi) is 2.90. The second-order valence-corrected chi connectivity index (χ2v) is 3.72. The highest BCUT2D eigenvalue weighted by molar-refractivity contribution is 6.46. The van der Waals surface area contributed by atoms with Crippen molar-refractivity contribution in [1.82, 2.24) is 0 Å². The van der Waals surface area contributed by atoms with Crippen LogP contribution in [0.3, 0.4) is 0 Å². The standard InChI is InChI=1S/C9H2BF7O2/c11-3-1-2(5(13)7(15)6(3)14)9(17,10(18)19)8(16)4(1)12/h18-19H. The van der Waals surface area contributed by atoms with Crippen molar-refractivity contribution < 1.29 is 40.8 Å². The van der Waals surface area contributed by atoms with Gasteiger partial charge in [0.15, 0.2) is 34.9 Å². The Morgan fingerprint density at radius 1 is 0.789 bits per heavy atom. The normalized spacial score (nSPS) is 21.9. The molecule has 2 nitrogen and oxygen atoms in total. The van der Waals surface area contributed by atoms with Gasteiger partial charge < -0.3 is 10.0 Å². The second-order valence-electron chi connectivity index (χ2n) is 3.72. The molecule has 2 N–H and O–H groups in total. The largest absolute Gasteiger partial charge is 0.504 e.